The molecule has 274 valence electrons. The van der Waals surface area contributed by atoms with Gasteiger partial charge in [0.15, 0.2) is 0 Å². The first-order valence-electron chi connectivity index (χ1n) is 20.3. The van der Waals surface area contributed by atoms with Crippen molar-refractivity contribution in [3.63, 3.8) is 0 Å². The summed E-state index contributed by atoms with van der Waals surface area (Å²) in [7, 11) is 0. The SMILES string of the molecule is CC1(C)c2ccccc2-c2ccc(N(c3ccccc3-c3ccccc3)c3cc4c(c5ccccc35)C3(c5ccccc5S4)c4ccccc4-c4ccccc43)cc21. The van der Waals surface area contributed by atoms with Gasteiger partial charge >= 0.3 is 0 Å². The van der Waals surface area contributed by atoms with Crippen LogP contribution in [0.25, 0.3) is 44.2 Å². The summed E-state index contributed by atoms with van der Waals surface area (Å²) in [6.45, 7) is 4.76. The van der Waals surface area contributed by atoms with Crippen LogP contribution in [0.3, 0.4) is 0 Å². The molecule has 0 saturated heterocycles. The van der Waals surface area contributed by atoms with Gasteiger partial charge in [-0.2, -0.15) is 0 Å². The van der Waals surface area contributed by atoms with Crippen LogP contribution in [-0.4, -0.2) is 0 Å². The van der Waals surface area contributed by atoms with Crippen LogP contribution in [0, 0.1) is 0 Å². The van der Waals surface area contributed by atoms with Crippen LogP contribution < -0.4 is 4.90 Å². The third-order valence-corrected chi connectivity index (χ3v) is 14.2. The Morgan fingerprint density at radius 1 is 0.379 bits per heavy atom. The quantitative estimate of drug-likeness (QED) is 0.176. The monoisotopic (exact) mass is 757 g/mol. The fraction of sp³-hybridized carbons (Fsp3) is 0.0714. The molecule has 0 atom stereocenters. The summed E-state index contributed by atoms with van der Waals surface area (Å²) >= 11 is 1.91. The number of rotatable bonds is 4. The summed E-state index contributed by atoms with van der Waals surface area (Å²) in [5, 5.41) is 2.51. The van der Waals surface area contributed by atoms with Crippen LogP contribution in [0.2, 0.25) is 0 Å². The lowest BCUT2D eigenvalue weighted by Crippen LogP contribution is -2.32. The standard InChI is InChI=1S/C56H39NS/c1-55(2)45-26-12-8-21-39(45)42-33-32-37(34-49(42)55)57(50-30-16-11-20-38(50)36-18-4-3-5-19-36)51-35-53-54(44-25-7-6-24-43(44)51)56(48-29-15-17-31-52(48)58-53)46-27-13-9-22-40(46)41-23-10-14-28-47(41)56/h3-35H,1-2H3. The minimum atomic E-state index is -0.474. The normalized spacial score (nSPS) is 14.6. The molecule has 0 bridgehead atoms. The number of fused-ring (bicyclic) bond motifs is 14. The lowest BCUT2D eigenvalue weighted by molar-refractivity contribution is 0.660. The van der Waals surface area contributed by atoms with Crippen LogP contribution in [-0.2, 0) is 10.8 Å². The fourth-order valence-corrected chi connectivity index (χ4v) is 11.9. The van der Waals surface area contributed by atoms with E-state index in [1.54, 1.807) is 0 Å². The molecular formula is C56H39NS. The van der Waals surface area contributed by atoms with Gasteiger partial charge in [-0.25, -0.2) is 0 Å². The molecule has 0 N–H and O–H groups in total. The highest BCUT2D eigenvalue weighted by molar-refractivity contribution is 7.99. The second-order valence-electron chi connectivity index (χ2n) is 16.4. The number of nitrogens with zero attached hydrogens (tertiary/aromatic N) is 1. The smallest absolute Gasteiger partial charge is 0.0741 e. The van der Waals surface area contributed by atoms with Crippen LogP contribution in [0.4, 0.5) is 17.1 Å². The number of hydrogen-bond donors (Lipinski definition) is 0. The van der Waals surface area contributed by atoms with Gasteiger partial charge in [0.25, 0.3) is 0 Å². The molecule has 2 heteroatoms. The van der Waals surface area contributed by atoms with Crippen LogP contribution in [0.5, 0.6) is 0 Å². The van der Waals surface area contributed by atoms with E-state index in [-0.39, 0.29) is 5.41 Å². The van der Waals surface area contributed by atoms with E-state index >= 15 is 0 Å². The topological polar surface area (TPSA) is 3.24 Å². The third kappa shape index (κ3) is 4.50. The zero-order valence-corrected chi connectivity index (χ0v) is 33.2. The second kappa shape index (κ2) is 12.4. The van der Waals surface area contributed by atoms with Crippen LogP contribution in [0.15, 0.2) is 210 Å². The zero-order valence-electron chi connectivity index (χ0n) is 32.4. The highest BCUT2D eigenvalue weighted by Crippen LogP contribution is 2.64. The van der Waals surface area contributed by atoms with Crippen molar-refractivity contribution in [2.24, 2.45) is 0 Å². The summed E-state index contributed by atoms with van der Waals surface area (Å²) in [6, 6.07) is 74.9. The first-order chi connectivity index (χ1) is 28.5. The molecule has 9 aromatic rings. The molecule has 1 aliphatic heterocycles. The molecule has 12 rings (SSSR count). The van der Waals surface area contributed by atoms with Crippen molar-refractivity contribution in [1.29, 1.82) is 0 Å². The Morgan fingerprint density at radius 2 is 0.914 bits per heavy atom. The van der Waals surface area contributed by atoms with Gasteiger partial charge in [0.2, 0.25) is 0 Å². The van der Waals surface area contributed by atoms with Gasteiger partial charge in [-0.1, -0.05) is 195 Å². The molecule has 1 nitrogen and oxygen atoms in total. The number of benzene rings is 9. The molecule has 58 heavy (non-hydrogen) atoms. The Morgan fingerprint density at radius 3 is 1.64 bits per heavy atom. The van der Waals surface area contributed by atoms with Crippen molar-refractivity contribution in [2.75, 3.05) is 4.90 Å². The van der Waals surface area contributed by atoms with E-state index in [0.717, 1.165) is 11.4 Å². The molecule has 0 fully saturated rings. The summed E-state index contributed by atoms with van der Waals surface area (Å²) in [5.41, 5.74) is 18.7. The highest BCUT2D eigenvalue weighted by Gasteiger charge is 2.51. The Kier molecular flexibility index (Phi) is 7.19. The van der Waals surface area contributed by atoms with E-state index in [4.69, 9.17) is 0 Å². The maximum absolute atomic E-state index is 2.55. The summed E-state index contributed by atoms with van der Waals surface area (Å²) in [5.74, 6) is 0. The lowest BCUT2D eigenvalue weighted by Gasteiger charge is -2.41. The molecule has 9 aromatic carbocycles. The highest BCUT2D eigenvalue weighted by atomic mass is 32.2. The van der Waals surface area contributed by atoms with Gasteiger partial charge in [0.1, 0.15) is 0 Å². The van der Waals surface area contributed by atoms with Gasteiger partial charge in [-0.3, -0.25) is 0 Å². The average molecular weight is 758 g/mol. The number of hydrogen-bond acceptors (Lipinski definition) is 2. The van der Waals surface area contributed by atoms with Crippen LogP contribution in [0.1, 0.15) is 47.2 Å². The predicted octanol–water partition coefficient (Wildman–Crippen LogP) is 15.1. The molecule has 3 aliphatic rings. The largest absolute Gasteiger partial charge is 0.309 e. The Labute approximate surface area is 344 Å². The van der Waals surface area contributed by atoms with Gasteiger partial charge in [0, 0.05) is 31.8 Å². The van der Waals surface area contributed by atoms with Crippen molar-refractivity contribution in [1.82, 2.24) is 0 Å². The van der Waals surface area contributed by atoms with E-state index < -0.39 is 5.41 Å². The van der Waals surface area contributed by atoms with Gasteiger partial charge in [0.05, 0.1) is 16.8 Å². The molecule has 1 spiro atoms. The molecule has 0 aromatic heterocycles. The van der Waals surface area contributed by atoms with Gasteiger partial charge in [-0.05, 0) is 96.9 Å². The van der Waals surface area contributed by atoms with Crippen molar-refractivity contribution in [3.05, 3.63) is 234 Å². The number of anilines is 3. The molecule has 0 unspecified atom stereocenters. The van der Waals surface area contributed by atoms with Gasteiger partial charge < -0.3 is 4.90 Å². The molecular weight excluding hydrogens is 719 g/mol. The van der Waals surface area contributed by atoms with E-state index in [2.05, 4.69) is 219 Å². The summed E-state index contributed by atoms with van der Waals surface area (Å²) in [6.07, 6.45) is 0. The molecule has 0 radical (unpaired) electrons. The maximum Gasteiger partial charge on any atom is 0.0741 e. The van der Waals surface area contributed by atoms with E-state index in [0.29, 0.717) is 0 Å². The molecule has 1 heterocycles. The van der Waals surface area contributed by atoms with Crippen molar-refractivity contribution >= 4 is 39.6 Å². The summed E-state index contributed by atoms with van der Waals surface area (Å²) < 4.78 is 0. The maximum atomic E-state index is 2.55. The number of para-hydroxylation sites is 1. The Hall–Kier alpha value is -6.61. The van der Waals surface area contributed by atoms with Crippen molar-refractivity contribution < 1.29 is 0 Å². The zero-order chi connectivity index (χ0) is 38.6. The van der Waals surface area contributed by atoms with E-state index in [1.165, 1.54) is 93.0 Å². The van der Waals surface area contributed by atoms with E-state index in [1.807, 2.05) is 11.8 Å². The fourth-order valence-electron chi connectivity index (χ4n) is 10.7. The minimum Gasteiger partial charge on any atom is -0.309 e. The first kappa shape index (κ1) is 33.5. The minimum absolute atomic E-state index is 0.139. The first-order valence-corrected chi connectivity index (χ1v) is 21.1. The summed E-state index contributed by atoms with van der Waals surface area (Å²) in [4.78, 5) is 5.14. The molecule has 0 amide bonds. The average Bonchev–Trinajstić information content (AvgIpc) is 3.69. The third-order valence-electron chi connectivity index (χ3n) is 13.1. The van der Waals surface area contributed by atoms with E-state index in [9.17, 15) is 0 Å². The van der Waals surface area contributed by atoms with Gasteiger partial charge in [-0.15, -0.1) is 0 Å². The Bertz CT molecular complexity index is 3090. The molecule has 0 saturated carbocycles. The predicted molar refractivity (Wildman–Crippen MR) is 243 cm³/mol. The Balaban J connectivity index is 1.19. The van der Waals surface area contributed by atoms with Crippen molar-refractivity contribution in [3.8, 4) is 33.4 Å². The second-order valence-corrected chi connectivity index (χ2v) is 17.5. The molecule has 2 aliphatic carbocycles. The lowest BCUT2D eigenvalue weighted by atomic mass is 9.66. The van der Waals surface area contributed by atoms with Crippen LogP contribution >= 0.6 is 11.8 Å². The van der Waals surface area contributed by atoms with Crippen molar-refractivity contribution in [2.45, 2.75) is 34.5 Å².